The number of hydrogen-bond donors (Lipinski definition) is 0. The van der Waals surface area contributed by atoms with E-state index < -0.39 is 0 Å². The van der Waals surface area contributed by atoms with Gasteiger partial charge in [0.25, 0.3) is 0 Å². The topological polar surface area (TPSA) is 12.5 Å². The van der Waals surface area contributed by atoms with Crippen LogP contribution in [0.25, 0.3) is 0 Å². The first-order chi connectivity index (χ1) is 7.58. The van der Waals surface area contributed by atoms with Gasteiger partial charge < -0.3 is 4.74 Å². The summed E-state index contributed by atoms with van der Waals surface area (Å²) in [6.45, 7) is 5.18. The molecular weight excluding hydrogens is 222 g/mol. The summed E-state index contributed by atoms with van der Waals surface area (Å²) < 4.78 is 5.30. The molecule has 90 valence electrons. The van der Waals surface area contributed by atoms with Crippen molar-refractivity contribution in [2.24, 2.45) is 0 Å². The number of aryl methyl sites for hydroxylation is 2. The third kappa shape index (κ3) is 3.39. The second-order valence-corrected chi connectivity index (χ2v) is 4.44. The lowest BCUT2D eigenvalue weighted by Gasteiger charge is -2.15. The Morgan fingerprint density at radius 2 is 1.94 bits per heavy atom. The average molecular weight is 242 g/mol. The smallest absolute Gasteiger partial charge is 0.122 e. The molecule has 0 aliphatic carbocycles. The fraction of sp³-hybridized carbons (Fsp3) is 0.538. The van der Waals surface area contributed by atoms with Crippen LogP contribution in [-0.4, -0.2) is 31.6 Å². The summed E-state index contributed by atoms with van der Waals surface area (Å²) in [5, 5.41) is 0. The van der Waals surface area contributed by atoms with E-state index in [9.17, 15) is 0 Å². The largest absolute Gasteiger partial charge is 0.496 e. The highest BCUT2D eigenvalue weighted by Gasteiger charge is 2.05. The fourth-order valence-corrected chi connectivity index (χ4v) is 1.83. The summed E-state index contributed by atoms with van der Waals surface area (Å²) in [6.07, 6.45) is 1.03. The molecule has 1 aromatic carbocycles. The molecule has 0 amide bonds. The lowest BCUT2D eigenvalue weighted by molar-refractivity contribution is 0.393. The Kier molecular flexibility index (Phi) is 5.10. The molecule has 0 aliphatic rings. The molecule has 0 spiro atoms. The molecule has 2 nitrogen and oxygen atoms in total. The highest BCUT2D eigenvalue weighted by molar-refractivity contribution is 6.17. The van der Waals surface area contributed by atoms with Crippen LogP contribution < -0.4 is 4.74 Å². The summed E-state index contributed by atoms with van der Waals surface area (Å²) >= 11 is 5.74. The minimum atomic E-state index is 0.578. The molecule has 0 saturated carbocycles. The zero-order chi connectivity index (χ0) is 12.1. The number of benzene rings is 1. The first-order valence-corrected chi connectivity index (χ1v) is 6.00. The third-order valence-corrected chi connectivity index (χ3v) is 3.23. The molecule has 0 radical (unpaired) electrons. The van der Waals surface area contributed by atoms with Crippen LogP contribution in [0.1, 0.15) is 16.7 Å². The van der Waals surface area contributed by atoms with Crippen LogP contribution in [0.3, 0.4) is 0 Å². The fourth-order valence-electron chi connectivity index (χ4n) is 1.71. The Labute approximate surface area is 103 Å². The molecule has 0 unspecified atom stereocenters. The van der Waals surface area contributed by atoms with Gasteiger partial charge in [0.1, 0.15) is 5.75 Å². The van der Waals surface area contributed by atoms with Gasteiger partial charge in [-0.3, -0.25) is 4.90 Å². The van der Waals surface area contributed by atoms with Crippen LogP contribution in [0.5, 0.6) is 5.75 Å². The summed E-state index contributed by atoms with van der Waals surface area (Å²) in [7, 11) is 3.74. The molecule has 3 heteroatoms. The van der Waals surface area contributed by atoms with Crippen molar-refractivity contribution in [3.8, 4) is 5.75 Å². The van der Waals surface area contributed by atoms with Crippen LogP contribution in [0.4, 0.5) is 0 Å². The summed E-state index contributed by atoms with van der Waals surface area (Å²) in [4.78, 5) is 2.10. The summed E-state index contributed by atoms with van der Waals surface area (Å²) in [5.74, 6) is 0.965. The zero-order valence-corrected chi connectivity index (χ0v) is 11.3. The Morgan fingerprint density at radius 3 is 2.50 bits per heavy atom. The summed E-state index contributed by atoms with van der Waals surface area (Å²) in [6, 6.07) is 4.88. The molecule has 0 aromatic heterocycles. The van der Waals surface area contributed by atoms with Gasteiger partial charge in [0.15, 0.2) is 0 Å². The maximum Gasteiger partial charge on any atom is 0.122 e. The van der Waals surface area contributed by atoms with Crippen LogP contribution >= 0.6 is 11.6 Å². The monoisotopic (exact) mass is 241 g/mol. The quantitative estimate of drug-likeness (QED) is 0.581. The predicted octanol–water partition coefficient (Wildman–Crippen LogP) is 2.98. The second-order valence-electron chi connectivity index (χ2n) is 4.20. The SMILES string of the molecule is COc1cc(C)c(CCN(C)CCl)cc1C. The summed E-state index contributed by atoms with van der Waals surface area (Å²) in [5.41, 5.74) is 3.84. The number of alkyl halides is 1. The first-order valence-electron chi connectivity index (χ1n) is 5.47. The van der Waals surface area contributed by atoms with E-state index in [0.717, 1.165) is 18.7 Å². The van der Waals surface area contributed by atoms with Crippen molar-refractivity contribution in [3.05, 3.63) is 28.8 Å². The number of hydrogen-bond acceptors (Lipinski definition) is 2. The van der Waals surface area contributed by atoms with E-state index in [-0.39, 0.29) is 0 Å². The number of methoxy groups -OCH3 is 1. The molecule has 0 N–H and O–H groups in total. The van der Waals surface area contributed by atoms with Crippen molar-refractivity contribution in [2.45, 2.75) is 20.3 Å². The van der Waals surface area contributed by atoms with E-state index in [1.54, 1.807) is 7.11 Å². The average Bonchev–Trinajstić information content (AvgIpc) is 2.29. The molecular formula is C13H20ClNO. The van der Waals surface area contributed by atoms with Gasteiger partial charge >= 0.3 is 0 Å². The molecule has 0 fully saturated rings. The Bertz CT molecular complexity index is 352. The molecule has 0 saturated heterocycles. The zero-order valence-electron chi connectivity index (χ0n) is 10.5. The van der Waals surface area contributed by atoms with Gasteiger partial charge in [-0.05, 0) is 50.1 Å². The van der Waals surface area contributed by atoms with Crippen LogP contribution in [0.2, 0.25) is 0 Å². The maximum atomic E-state index is 5.74. The van der Waals surface area contributed by atoms with Gasteiger partial charge in [-0.15, -0.1) is 11.6 Å². The Hall–Kier alpha value is -0.730. The molecule has 0 heterocycles. The van der Waals surface area contributed by atoms with E-state index >= 15 is 0 Å². The minimum Gasteiger partial charge on any atom is -0.496 e. The molecule has 16 heavy (non-hydrogen) atoms. The van der Waals surface area contributed by atoms with Crippen molar-refractivity contribution in [1.82, 2.24) is 4.90 Å². The maximum absolute atomic E-state index is 5.74. The highest BCUT2D eigenvalue weighted by atomic mass is 35.5. The number of likely N-dealkylation sites (N-methyl/N-ethyl adjacent to an activating group) is 1. The van der Waals surface area contributed by atoms with E-state index in [2.05, 4.69) is 30.9 Å². The van der Waals surface area contributed by atoms with Crippen molar-refractivity contribution < 1.29 is 4.74 Å². The van der Waals surface area contributed by atoms with Crippen molar-refractivity contribution >= 4 is 11.6 Å². The normalized spacial score (nSPS) is 10.9. The first kappa shape index (κ1) is 13.3. The Balaban J connectivity index is 2.77. The van der Waals surface area contributed by atoms with E-state index in [0.29, 0.717) is 6.00 Å². The van der Waals surface area contributed by atoms with E-state index in [4.69, 9.17) is 16.3 Å². The van der Waals surface area contributed by atoms with Crippen LogP contribution in [0, 0.1) is 13.8 Å². The van der Waals surface area contributed by atoms with Gasteiger partial charge in [-0.1, -0.05) is 6.07 Å². The number of rotatable bonds is 5. The van der Waals surface area contributed by atoms with Gasteiger partial charge in [0.2, 0.25) is 0 Å². The molecule has 0 bridgehead atoms. The van der Waals surface area contributed by atoms with E-state index in [1.165, 1.54) is 16.7 Å². The van der Waals surface area contributed by atoms with Crippen molar-refractivity contribution in [3.63, 3.8) is 0 Å². The second kappa shape index (κ2) is 6.12. The van der Waals surface area contributed by atoms with E-state index in [1.807, 2.05) is 7.05 Å². The van der Waals surface area contributed by atoms with Crippen molar-refractivity contribution in [2.75, 3.05) is 26.7 Å². The van der Waals surface area contributed by atoms with Gasteiger partial charge in [-0.2, -0.15) is 0 Å². The van der Waals surface area contributed by atoms with Gasteiger partial charge in [0.05, 0.1) is 13.1 Å². The molecule has 0 atom stereocenters. The van der Waals surface area contributed by atoms with Gasteiger partial charge in [-0.25, -0.2) is 0 Å². The highest BCUT2D eigenvalue weighted by Crippen LogP contribution is 2.22. The standard InChI is InChI=1S/C13H20ClNO/c1-10-8-13(16-4)11(2)7-12(10)5-6-15(3)9-14/h7-8H,5-6,9H2,1-4H3. The molecule has 0 aliphatic heterocycles. The number of halogens is 1. The Morgan fingerprint density at radius 1 is 1.25 bits per heavy atom. The predicted molar refractivity (Wildman–Crippen MR) is 69.5 cm³/mol. The van der Waals surface area contributed by atoms with Gasteiger partial charge in [0, 0.05) is 6.54 Å². The molecule has 1 rings (SSSR count). The molecule has 1 aromatic rings. The number of ether oxygens (including phenoxy) is 1. The van der Waals surface area contributed by atoms with Crippen LogP contribution in [0.15, 0.2) is 12.1 Å². The lowest BCUT2D eigenvalue weighted by atomic mass is 10.0. The lowest BCUT2D eigenvalue weighted by Crippen LogP contribution is -2.19. The van der Waals surface area contributed by atoms with Crippen LogP contribution in [-0.2, 0) is 6.42 Å². The third-order valence-electron chi connectivity index (χ3n) is 2.82. The minimum absolute atomic E-state index is 0.578. The van der Waals surface area contributed by atoms with Crippen molar-refractivity contribution in [1.29, 1.82) is 0 Å². The number of nitrogens with zero attached hydrogens (tertiary/aromatic N) is 1.